The molecule has 5 atom stereocenters. The van der Waals surface area contributed by atoms with E-state index in [-0.39, 0.29) is 25.7 Å². The lowest BCUT2D eigenvalue weighted by Gasteiger charge is -2.21. The molecule has 0 spiro atoms. The van der Waals surface area contributed by atoms with Crippen molar-refractivity contribution in [1.29, 1.82) is 0 Å². The van der Waals surface area contributed by atoms with E-state index in [4.69, 9.17) is 37.0 Å². The Kier molecular flexibility index (Phi) is 69.9. The maximum atomic E-state index is 13.1. The van der Waals surface area contributed by atoms with Crippen LogP contribution in [0.4, 0.5) is 0 Å². The Bertz CT molecular complexity index is 2320. The van der Waals surface area contributed by atoms with Crippen LogP contribution in [0.5, 0.6) is 0 Å². The maximum Gasteiger partial charge on any atom is 0.472 e. The van der Waals surface area contributed by atoms with Crippen LogP contribution in [0.15, 0.2) is 109 Å². The van der Waals surface area contributed by atoms with Crippen molar-refractivity contribution in [3.05, 3.63) is 109 Å². The first-order valence-electron chi connectivity index (χ1n) is 39.1. The van der Waals surface area contributed by atoms with Crippen LogP contribution >= 0.6 is 15.6 Å². The van der Waals surface area contributed by atoms with Crippen LogP contribution in [0, 0.1) is 0 Å². The topological polar surface area (TPSA) is 237 Å². The molecule has 0 saturated heterocycles. The number of esters is 4. The molecule has 0 aromatic rings. The molecule has 0 rings (SSSR count). The molecule has 0 bridgehead atoms. The Labute approximate surface area is 607 Å². The molecule has 0 heterocycles. The number of allylic oxidation sites excluding steroid dienone is 18. The number of phosphoric acid groups is 2. The molecule has 0 aliphatic rings. The first kappa shape index (κ1) is 95.7. The number of aliphatic hydroxyl groups excluding tert-OH is 1. The van der Waals surface area contributed by atoms with E-state index in [1.54, 1.807) is 0 Å². The molecule has 100 heavy (non-hydrogen) atoms. The average molecular weight is 1450 g/mol. The van der Waals surface area contributed by atoms with Crippen LogP contribution in [0.25, 0.3) is 0 Å². The van der Waals surface area contributed by atoms with Crippen LogP contribution in [0.3, 0.4) is 0 Å². The summed E-state index contributed by atoms with van der Waals surface area (Å²) in [5.41, 5.74) is 0. The highest BCUT2D eigenvalue weighted by Crippen LogP contribution is 2.45. The minimum atomic E-state index is -4.99. The number of hydrogen-bond acceptors (Lipinski definition) is 15. The summed E-state index contributed by atoms with van der Waals surface area (Å²) in [6, 6.07) is 0. The van der Waals surface area contributed by atoms with E-state index in [0.29, 0.717) is 32.1 Å². The maximum absolute atomic E-state index is 13.1. The number of rotatable bonds is 73. The van der Waals surface area contributed by atoms with Gasteiger partial charge < -0.3 is 33.8 Å². The number of ether oxygens (including phenoxy) is 4. The number of carbonyl (C=O) groups excluding carboxylic acids is 4. The van der Waals surface area contributed by atoms with Gasteiger partial charge in [0.05, 0.1) is 26.4 Å². The van der Waals surface area contributed by atoms with Crippen LogP contribution in [-0.4, -0.2) is 96.7 Å². The lowest BCUT2D eigenvalue weighted by Crippen LogP contribution is -2.30. The van der Waals surface area contributed by atoms with Crippen LogP contribution < -0.4 is 0 Å². The Morgan fingerprint density at radius 2 is 0.530 bits per heavy atom. The van der Waals surface area contributed by atoms with Gasteiger partial charge in [-0.1, -0.05) is 259 Å². The number of phosphoric ester groups is 2. The van der Waals surface area contributed by atoms with Gasteiger partial charge in [-0.2, -0.15) is 0 Å². The SMILES string of the molecule is CCCCC/C=C\C/C=C\C/C=C\C/C=C\CCCC(=O)OC[C@H](COP(=O)(O)OC[C@H](O)COP(=O)(O)OC[C@@H](COC(=O)CCCCCCC/C=C\CCCCCC)OC(=O)CCCCCCC/C=C\C=C/CCCCCC)OC(=O)CCCCCCC/C=C\C/C=C\CCCCC. The first-order chi connectivity index (χ1) is 48.7. The molecule has 0 aliphatic heterocycles. The summed E-state index contributed by atoms with van der Waals surface area (Å²) >= 11 is 0. The lowest BCUT2D eigenvalue weighted by molar-refractivity contribution is -0.161. The largest absolute Gasteiger partial charge is 0.472 e. The van der Waals surface area contributed by atoms with E-state index in [9.17, 15) is 43.2 Å². The molecule has 576 valence electrons. The van der Waals surface area contributed by atoms with Crippen molar-refractivity contribution >= 4 is 39.5 Å². The van der Waals surface area contributed by atoms with Crippen LogP contribution in [-0.2, 0) is 65.4 Å². The van der Waals surface area contributed by atoms with Crippen molar-refractivity contribution < 1.29 is 80.2 Å². The van der Waals surface area contributed by atoms with E-state index >= 15 is 0 Å². The van der Waals surface area contributed by atoms with Crippen molar-refractivity contribution in [2.75, 3.05) is 39.6 Å². The number of aliphatic hydroxyl groups is 1. The van der Waals surface area contributed by atoms with Gasteiger partial charge in [0.15, 0.2) is 12.2 Å². The second-order valence-electron chi connectivity index (χ2n) is 26.0. The summed E-state index contributed by atoms with van der Waals surface area (Å²) in [5, 5.41) is 10.6. The lowest BCUT2D eigenvalue weighted by atomic mass is 10.1. The number of unbranched alkanes of at least 4 members (excludes halogenated alkanes) is 30. The fourth-order valence-electron chi connectivity index (χ4n) is 10.2. The van der Waals surface area contributed by atoms with E-state index < -0.39 is 97.5 Å². The second kappa shape index (κ2) is 73.0. The molecule has 0 amide bonds. The van der Waals surface area contributed by atoms with Gasteiger partial charge in [0.2, 0.25) is 0 Å². The van der Waals surface area contributed by atoms with Gasteiger partial charge in [-0.25, -0.2) is 9.13 Å². The van der Waals surface area contributed by atoms with Gasteiger partial charge in [-0.05, 0) is 148 Å². The summed E-state index contributed by atoms with van der Waals surface area (Å²) in [6.45, 7) is 4.69. The van der Waals surface area contributed by atoms with Gasteiger partial charge >= 0.3 is 39.5 Å². The fourth-order valence-corrected chi connectivity index (χ4v) is 11.7. The zero-order chi connectivity index (χ0) is 73.2. The molecule has 3 N–H and O–H groups in total. The number of hydrogen-bond donors (Lipinski definition) is 3. The third kappa shape index (κ3) is 72.1. The molecule has 19 heteroatoms. The van der Waals surface area contributed by atoms with Gasteiger partial charge in [0, 0.05) is 25.7 Å². The summed E-state index contributed by atoms with van der Waals surface area (Å²) in [7, 11) is -9.98. The quantitative estimate of drug-likeness (QED) is 0.0128. The Hall–Kier alpha value is -4.28. The van der Waals surface area contributed by atoms with Crippen LogP contribution in [0.1, 0.15) is 323 Å². The molecule has 0 aliphatic carbocycles. The third-order valence-corrected chi connectivity index (χ3v) is 18.1. The fraction of sp³-hybridized carbons (Fsp3) is 0.728. The molecule has 2 unspecified atom stereocenters. The highest BCUT2D eigenvalue weighted by molar-refractivity contribution is 7.47. The standard InChI is InChI=1S/C81H140O17P2/c1-5-9-13-17-21-25-29-33-36-37-40-42-46-50-54-58-62-66-79(84)92-72-77(98-81(86)68-64-60-56-52-48-44-39-35-31-27-23-19-15-11-7-3)74-96-100(89,90)94-70-75(82)69-93-99(87,88)95-73-76(71-91-78(83)65-61-57-53-49-45-41-32-28-24-20-16-12-8-4)97-80(85)67-63-59-55-51-47-43-38-34-30-26-22-18-14-10-6-2/h21,23,25-28,30,32-36,38-40,42,50,54,75-77,82H,5-20,22,24,29,31,37,41,43-49,51-53,55-74H2,1-4H3,(H,87,88)(H,89,90)/b25-21-,27-23-,30-26-,32-28-,36-33-,38-34-,39-35-,42-40-,54-50-/t75-,76-,77-/m1/s1. The van der Waals surface area contributed by atoms with Gasteiger partial charge in [-0.3, -0.25) is 37.3 Å². The van der Waals surface area contributed by atoms with Gasteiger partial charge in [0.25, 0.3) is 0 Å². The summed E-state index contributed by atoms with van der Waals surface area (Å²) in [6.07, 6.45) is 77.9. The average Bonchev–Trinajstić information content (AvgIpc) is 0.945. The highest BCUT2D eigenvalue weighted by Gasteiger charge is 2.30. The second-order valence-corrected chi connectivity index (χ2v) is 28.9. The van der Waals surface area contributed by atoms with E-state index in [2.05, 4.69) is 125 Å². The Morgan fingerprint density at radius 3 is 0.880 bits per heavy atom. The van der Waals surface area contributed by atoms with Gasteiger partial charge in [-0.15, -0.1) is 0 Å². The van der Waals surface area contributed by atoms with E-state index in [1.807, 2.05) is 12.2 Å². The molecular weight excluding hydrogens is 1310 g/mol. The smallest absolute Gasteiger partial charge is 0.462 e. The Morgan fingerprint density at radius 1 is 0.290 bits per heavy atom. The molecule has 17 nitrogen and oxygen atoms in total. The van der Waals surface area contributed by atoms with Crippen molar-refractivity contribution in [3.63, 3.8) is 0 Å². The third-order valence-electron chi connectivity index (χ3n) is 16.2. The summed E-state index contributed by atoms with van der Waals surface area (Å²) in [4.78, 5) is 72.9. The van der Waals surface area contributed by atoms with E-state index in [1.165, 1.54) is 89.9 Å². The van der Waals surface area contributed by atoms with Crippen LogP contribution in [0.2, 0.25) is 0 Å². The first-order valence-corrected chi connectivity index (χ1v) is 42.1. The minimum absolute atomic E-state index is 0.0658. The molecular formula is C81H140O17P2. The zero-order valence-corrected chi connectivity index (χ0v) is 64.6. The normalized spacial score (nSPS) is 14.5. The predicted octanol–water partition coefficient (Wildman–Crippen LogP) is 22.6. The predicted molar refractivity (Wildman–Crippen MR) is 408 cm³/mol. The van der Waals surface area contributed by atoms with E-state index in [0.717, 1.165) is 148 Å². The molecule has 0 aromatic heterocycles. The molecule has 0 radical (unpaired) electrons. The zero-order valence-electron chi connectivity index (χ0n) is 62.8. The molecule has 0 fully saturated rings. The molecule has 0 saturated carbocycles. The van der Waals surface area contributed by atoms with Crippen molar-refractivity contribution in [2.24, 2.45) is 0 Å². The number of carbonyl (C=O) groups is 4. The monoisotopic (exact) mass is 1450 g/mol. The highest BCUT2D eigenvalue weighted by atomic mass is 31.2. The van der Waals surface area contributed by atoms with Gasteiger partial charge in [0.1, 0.15) is 19.3 Å². The summed E-state index contributed by atoms with van der Waals surface area (Å²) in [5.74, 6) is -2.27. The Balaban J connectivity index is 5.43. The van der Waals surface area contributed by atoms with Crippen molar-refractivity contribution in [2.45, 2.75) is 341 Å². The summed E-state index contributed by atoms with van der Waals surface area (Å²) < 4.78 is 68.4. The van der Waals surface area contributed by atoms with Crippen molar-refractivity contribution in [3.8, 4) is 0 Å². The van der Waals surface area contributed by atoms with Crippen molar-refractivity contribution in [1.82, 2.24) is 0 Å². The molecule has 0 aromatic carbocycles. The minimum Gasteiger partial charge on any atom is -0.462 e.